The molecule has 2 aromatic carbocycles. The summed E-state index contributed by atoms with van der Waals surface area (Å²) < 4.78 is 5.77. The summed E-state index contributed by atoms with van der Waals surface area (Å²) in [6.45, 7) is 4.13. The zero-order valence-electron chi connectivity index (χ0n) is 12.8. The predicted octanol–water partition coefficient (Wildman–Crippen LogP) is 4.41. The number of carboxylic acids is 1. The third kappa shape index (κ3) is 3.76. The molecule has 0 aliphatic carbocycles. The van der Waals surface area contributed by atoms with Gasteiger partial charge in [-0.15, -0.1) is 0 Å². The van der Waals surface area contributed by atoms with E-state index in [9.17, 15) is 9.90 Å². The Morgan fingerprint density at radius 2 is 1.77 bits per heavy atom. The van der Waals surface area contributed by atoms with E-state index in [1.165, 1.54) is 0 Å². The van der Waals surface area contributed by atoms with E-state index in [-0.39, 0.29) is 0 Å². The maximum atomic E-state index is 11.3. The minimum atomic E-state index is -0.844. The standard InChI is InChI=1S/C19H20O3/c1-3-22-18(13-15-9-5-4-6-10-15)17-12-8-7-11-16(17)14(2)19(20)21/h4-14H,3H2,1-2H3,(H,20,21)/b18-13+. The third-order valence-electron chi connectivity index (χ3n) is 3.46. The van der Waals surface area contributed by atoms with Gasteiger partial charge in [0, 0.05) is 5.56 Å². The summed E-state index contributed by atoms with van der Waals surface area (Å²) >= 11 is 0. The molecule has 0 saturated carbocycles. The van der Waals surface area contributed by atoms with Gasteiger partial charge in [0.1, 0.15) is 5.76 Å². The molecule has 0 aliphatic heterocycles. The van der Waals surface area contributed by atoms with Crippen molar-refractivity contribution in [3.8, 4) is 0 Å². The van der Waals surface area contributed by atoms with Crippen LogP contribution in [-0.2, 0) is 9.53 Å². The molecule has 0 bridgehead atoms. The number of hydrogen-bond donors (Lipinski definition) is 1. The number of carbonyl (C=O) groups is 1. The smallest absolute Gasteiger partial charge is 0.310 e. The Hall–Kier alpha value is -2.55. The van der Waals surface area contributed by atoms with Crippen molar-refractivity contribution in [1.82, 2.24) is 0 Å². The van der Waals surface area contributed by atoms with E-state index in [0.717, 1.165) is 16.7 Å². The van der Waals surface area contributed by atoms with E-state index in [1.54, 1.807) is 6.92 Å². The monoisotopic (exact) mass is 296 g/mol. The van der Waals surface area contributed by atoms with E-state index in [4.69, 9.17) is 4.74 Å². The summed E-state index contributed by atoms with van der Waals surface area (Å²) in [5.74, 6) is -0.740. The van der Waals surface area contributed by atoms with E-state index in [2.05, 4.69) is 0 Å². The van der Waals surface area contributed by atoms with Crippen molar-refractivity contribution < 1.29 is 14.6 Å². The predicted molar refractivity (Wildman–Crippen MR) is 88.4 cm³/mol. The molecule has 1 atom stereocenters. The lowest BCUT2D eigenvalue weighted by atomic mass is 9.94. The van der Waals surface area contributed by atoms with Gasteiger partial charge in [0.2, 0.25) is 0 Å². The Balaban J connectivity index is 2.50. The fourth-order valence-corrected chi connectivity index (χ4v) is 2.29. The first-order valence-corrected chi connectivity index (χ1v) is 7.35. The topological polar surface area (TPSA) is 46.5 Å². The second-order valence-electron chi connectivity index (χ2n) is 5.00. The first-order valence-electron chi connectivity index (χ1n) is 7.35. The average molecular weight is 296 g/mol. The maximum absolute atomic E-state index is 11.3. The fraction of sp³-hybridized carbons (Fsp3) is 0.211. The molecule has 0 fully saturated rings. The normalized spacial score (nSPS) is 12.7. The molecule has 1 N–H and O–H groups in total. The summed E-state index contributed by atoms with van der Waals surface area (Å²) in [4.78, 5) is 11.3. The van der Waals surface area contributed by atoms with Gasteiger partial charge < -0.3 is 9.84 Å². The molecule has 2 rings (SSSR count). The van der Waals surface area contributed by atoms with Crippen LogP contribution in [0.1, 0.15) is 36.5 Å². The number of rotatable bonds is 6. The molecule has 22 heavy (non-hydrogen) atoms. The zero-order valence-corrected chi connectivity index (χ0v) is 12.8. The lowest BCUT2D eigenvalue weighted by molar-refractivity contribution is -0.138. The highest BCUT2D eigenvalue weighted by Crippen LogP contribution is 2.28. The van der Waals surface area contributed by atoms with Crippen LogP contribution in [0.3, 0.4) is 0 Å². The molecule has 0 aliphatic rings. The molecule has 0 aromatic heterocycles. The van der Waals surface area contributed by atoms with Crippen molar-refractivity contribution in [2.24, 2.45) is 0 Å². The van der Waals surface area contributed by atoms with Gasteiger partial charge in [0.25, 0.3) is 0 Å². The van der Waals surface area contributed by atoms with E-state index < -0.39 is 11.9 Å². The number of carboxylic acid groups (broad SMARTS) is 1. The van der Waals surface area contributed by atoms with Gasteiger partial charge in [-0.2, -0.15) is 0 Å². The Labute approximate surface area is 130 Å². The minimum absolute atomic E-state index is 0.522. The molecule has 114 valence electrons. The van der Waals surface area contributed by atoms with Crippen molar-refractivity contribution in [2.75, 3.05) is 6.61 Å². The summed E-state index contributed by atoms with van der Waals surface area (Å²) in [6.07, 6.45) is 1.94. The highest BCUT2D eigenvalue weighted by molar-refractivity contribution is 5.83. The van der Waals surface area contributed by atoms with E-state index in [0.29, 0.717) is 12.4 Å². The van der Waals surface area contributed by atoms with E-state index >= 15 is 0 Å². The minimum Gasteiger partial charge on any atom is -0.493 e. The summed E-state index contributed by atoms with van der Waals surface area (Å²) in [5.41, 5.74) is 2.59. The van der Waals surface area contributed by atoms with Crippen molar-refractivity contribution in [1.29, 1.82) is 0 Å². The molecule has 2 aromatic rings. The van der Waals surface area contributed by atoms with E-state index in [1.807, 2.05) is 67.6 Å². The van der Waals surface area contributed by atoms with Gasteiger partial charge in [-0.05, 0) is 31.1 Å². The lowest BCUT2D eigenvalue weighted by Gasteiger charge is -2.16. The summed E-state index contributed by atoms with van der Waals surface area (Å²) in [6, 6.07) is 17.3. The second-order valence-corrected chi connectivity index (χ2v) is 5.00. The molecule has 3 heteroatoms. The molecule has 1 unspecified atom stereocenters. The largest absolute Gasteiger partial charge is 0.493 e. The van der Waals surface area contributed by atoms with Gasteiger partial charge in [-0.1, -0.05) is 54.6 Å². The van der Waals surface area contributed by atoms with Gasteiger partial charge in [0.15, 0.2) is 0 Å². The summed E-state index contributed by atoms with van der Waals surface area (Å²) in [7, 11) is 0. The Kier molecular flexibility index (Phi) is 5.37. The molecule has 0 spiro atoms. The number of benzene rings is 2. The Bertz CT molecular complexity index is 659. The number of ether oxygens (including phenoxy) is 1. The Morgan fingerprint density at radius 1 is 1.14 bits per heavy atom. The van der Waals surface area contributed by atoms with Crippen LogP contribution in [-0.4, -0.2) is 17.7 Å². The lowest BCUT2D eigenvalue weighted by Crippen LogP contribution is -2.10. The van der Waals surface area contributed by atoms with Crippen LogP contribution in [0, 0.1) is 0 Å². The second kappa shape index (κ2) is 7.46. The number of aliphatic carboxylic acids is 1. The first kappa shape index (κ1) is 15.8. The van der Waals surface area contributed by atoms with Crippen molar-refractivity contribution in [2.45, 2.75) is 19.8 Å². The highest BCUT2D eigenvalue weighted by atomic mass is 16.5. The fourth-order valence-electron chi connectivity index (χ4n) is 2.29. The molecule has 0 heterocycles. The van der Waals surface area contributed by atoms with Crippen LogP contribution in [0.5, 0.6) is 0 Å². The van der Waals surface area contributed by atoms with Gasteiger partial charge in [-0.25, -0.2) is 0 Å². The SMILES string of the molecule is CCO/C(=C/c1ccccc1)c1ccccc1C(C)C(=O)O. The van der Waals surface area contributed by atoms with Gasteiger partial charge >= 0.3 is 5.97 Å². The van der Waals surface area contributed by atoms with Crippen LogP contribution >= 0.6 is 0 Å². The van der Waals surface area contributed by atoms with Crippen molar-refractivity contribution >= 4 is 17.8 Å². The zero-order chi connectivity index (χ0) is 15.9. The highest BCUT2D eigenvalue weighted by Gasteiger charge is 2.19. The molecule has 3 nitrogen and oxygen atoms in total. The molecule has 0 amide bonds. The Morgan fingerprint density at radius 3 is 2.41 bits per heavy atom. The molecular formula is C19H20O3. The van der Waals surface area contributed by atoms with Crippen LogP contribution in [0.2, 0.25) is 0 Å². The van der Waals surface area contributed by atoms with Crippen LogP contribution in [0.15, 0.2) is 54.6 Å². The summed E-state index contributed by atoms with van der Waals surface area (Å²) in [5, 5.41) is 9.30. The average Bonchev–Trinajstić information content (AvgIpc) is 2.54. The molecule has 0 saturated heterocycles. The first-order chi connectivity index (χ1) is 10.6. The van der Waals surface area contributed by atoms with Gasteiger partial charge in [0.05, 0.1) is 12.5 Å². The van der Waals surface area contributed by atoms with Gasteiger partial charge in [-0.3, -0.25) is 4.79 Å². The van der Waals surface area contributed by atoms with Crippen LogP contribution < -0.4 is 0 Å². The third-order valence-corrected chi connectivity index (χ3v) is 3.46. The maximum Gasteiger partial charge on any atom is 0.310 e. The van der Waals surface area contributed by atoms with Crippen molar-refractivity contribution in [3.63, 3.8) is 0 Å². The van der Waals surface area contributed by atoms with Crippen LogP contribution in [0.25, 0.3) is 11.8 Å². The molecule has 0 radical (unpaired) electrons. The number of hydrogen-bond acceptors (Lipinski definition) is 2. The van der Waals surface area contributed by atoms with Crippen molar-refractivity contribution in [3.05, 3.63) is 71.3 Å². The van der Waals surface area contributed by atoms with Crippen LogP contribution in [0.4, 0.5) is 0 Å². The molecular weight excluding hydrogens is 276 g/mol. The quantitative estimate of drug-likeness (QED) is 0.634.